The van der Waals surface area contributed by atoms with Crippen molar-refractivity contribution in [1.82, 2.24) is 15.0 Å². The lowest BCUT2D eigenvalue weighted by Gasteiger charge is -2.13. The Kier molecular flexibility index (Phi) is 2.51. The number of nitrogens with zero attached hydrogens (tertiary/aromatic N) is 5. The van der Waals surface area contributed by atoms with Crippen molar-refractivity contribution in [2.45, 2.75) is 19.0 Å². The zero-order chi connectivity index (χ0) is 12.5. The molecule has 17 heavy (non-hydrogen) atoms. The molecule has 84 valence electrons. The van der Waals surface area contributed by atoms with E-state index in [-0.39, 0.29) is 6.54 Å². The van der Waals surface area contributed by atoms with Crippen molar-refractivity contribution in [3.63, 3.8) is 0 Å². The van der Waals surface area contributed by atoms with Crippen LogP contribution in [0.4, 0.5) is 0 Å². The molecule has 6 nitrogen and oxygen atoms in total. The first-order valence-corrected chi connectivity index (χ1v) is 4.99. The molecule has 0 aliphatic carbocycles. The van der Waals surface area contributed by atoms with Crippen LogP contribution in [0.1, 0.15) is 12.5 Å². The highest BCUT2D eigenvalue weighted by Crippen LogP contribution is 2.12. The van der Waals surface area contributed by atoms with Crippen LogP contribution >= 0.6 is 0 Å². The Morgan fingerprint density at radius 3 is 2.71 bits per heavy atom. The third kappa shape index (κ3) is 2.22. The van der Waals surface area contributed by atoms with E-state index in [1.807, 2.05) is 12.1 Å². The van der Waals surface area contributed by atoms with Gasteiger partial charge in [-0.15, -0.1) is 0 Å². The fourth-order valence-electron chi connectivity index (χ4n) is 1.43. The van der Waals surface area contributed by atoms with E-state index in [0.717, 1.165) is 0 Å². The number of rotatable bonds is 2. The van der Waals surface area contributed by atoms with E-state index in [2.05, 4.69) is 10.2 Å². The molecular formula is C11H10N6. The van der Waals surface area contributed by atoms with Crippen molar-refractivity contribution in [1.29, 1.82) is 10.5 Å². The maximum Gasteiger partial charge on any atom is 0.122 e. The molecule has 0 aliphatic rings. The fraction of sp³-hybridized carbons (Fsp3) is 0.273. The molecule has 2 aromatic rings. The number of benzene rings is 1. The molecule has 1 unspecified atom stereocenters. The molecule has 0 saturated heterocycles. The lowest BCUT2D eigenvalue weighted by molar-refractivity contribution is 0.423. The van der Waals surface area contributed by atoms with E-state index < -0.39 is 5.54 Å². The van der Waals surface area contributed by atoms with Crippen LogP contribution in [0, 0.1) is 22.7 Å². The van der Waals surface area contributed by atoms with Gasteiger partial charge in [0.15, 0.2) is 0 Å². The summed E-state index contributed by atoms with van der Waals surface area (Å²) < 4.78 is 0. The van der Waals surface area contributed by atoms with Crippen molar-refractivity contribution in [2.24, 2.45) is 5.73 Å². The summed E-state index contributed by atoms with van der Waals surface area (Å²) in [7, 11) is 0. The highest BCUT2D eigenvalue weighted by atomic mass is 15.5. The van der Waals surface area contributed by atoms with E-state index in [4.69, 9.17) is 16.3 Å². The van der Waals surface area contributed by atoms with Crippen molar-refractivity contribution in [2.75, 3.05) is 0 Å². The number of aromatic nitrogens is 3. The average molecular weight is 226 g/mol. The summed E-state index contributed by atoms with van der Waals surface area (Å²) in [6.07, 6.45) is 0. The highest BCUT2D eigenvalue weighted by Gasteiger charge is 2.19. The van der Waals surface area contributed by atoms with Gasteiger partial charge in [-0.25, -0.2) is 0 Å². The van der Waals surface area contributed by atoms with Crippen molar-refractivity contribution in [3.8, 4) is 12.1 Å². The molecule has 2 rings (SSSR count). The second kappa shape index (κ2) is 3.85. The first-order valence-electron chi connectivity index (χ1n) is 4.99. The molecule has 0 radical (unpaired) electrons. The minimum Gasteiger partial charge on any atom is -0.312 e. The van der Waals surface area contributed by atoms with Gasteiger partial charge in [0.25, 0.3) is 0 Å². The fourth-order valence-corrected chi connectivity index (χ4v) is 1.43. The predicted molar refractivity (Wildman–Crippen MR) is 60.4 cm³/mol. The van der Waals surface area contributed by atoms with E-state index in [0.29, 0.717) is 16.6 Å². The molecule has 1 atom stereocenters. The van der Waals surface area contributed by atoms with E-state index >= 15 is 0 Å². The molecule has 0 spiro atoms. The third-order valence-electron chi connectivity index (χ3n) is 2.28. The van der Waals surface area contributed by atoms with Gasteiger partial charge in [0.1, 0.15) is 16.6 Å². The zero-order valence-electron chi connectivity index (χ0n) is 9.25. The molecule has 1 aromatic carbocycles. The first kappa shape index (κ1) is 11.1. The van der Waals surface area contributed by atoms with Gasteiger partial charge in [-0.2, -0.15) is 25.5 Å². The Hall–Kier alpha value is -2.44. The number of hydrogen-bond acceptors (Lipinski definition) is 5. The van der Waals surface area contributed by atoms with Crippen LogP contribution in [0.2, 0.25) is 0 Å². The minimum atomic E-state index is -1.01. The molecule has 6 heteroatoms. The molecule has 2 N–H and O–H groups in total. The lowest BCUT2D eigenvalue weighted by Crippen LogP contribution is -2.39. The summed E-state index contributed by atoms with van der Waals surface area (Å²) in [4.78, 5) is 1.38. The van der Waals surface area contributed by atoms with Crippen LogP contribution in [0.3, 0.4) is 0 Å². The Morgan fingerprint density at radius 1 is 1.35 bits per heavy atom. The van der Waals surface area contributed by atoms with Crippen LogP contribution < -0.4 is 5.73 Å². The van der Waals surface area contributed by atoms with Crippen LogP contribution in [-0.4, -0.2) is 20.5 Å². The van der Waals surface area contributed by atoms with Crippen LogP contribution in [-0.2, 0) is 6.54 Å². The molecular weight excluding hydrogens is 216 g/mol. The van der Waals surface area contributed by atoms with Crippen LogP contribution in [0.15, 0.2) is 18.2 Å². The first-order chi connectivity index (χ1) is 8.04. The maximum atomic E-state index is 8.83. The second-order valence-electron chi connectivity index (χ2n) is 4.07. The Balaban J connectivity index is 2.40. The Labute approximate surface area is 97.9 Å². The van der Waals surface area contributed by atoms with Gasteiger partial charge < -0.3 is 5.73 Å². The van der Waals surface area contributed by atoms with Crippen LogP contribution in [0.25, 0.3) is 11.0 Å². The number of hydrogen-bond donors (Lipinski definition) is 1. The second-order valence-corrected chi connectivity index (χ2v) is 4.07. The van der Waals surface area contributed by atoms with Gasteiger partial charge in [-0.3, -0.25) is 0 Å². The number of nitrogens with two attached hydrogens (primary N) is 1. The van der Waals surface area contributed by atoms with Crippen molar-refractivity contribution < 1.29 is 0 Å². The molecule has 0 aliphatic heterocycles. The molecule has 0 saturated carbocycles. The summed E-state index contributed by atoms with van der Waals surface area (Å²) in [5, 5.41) is 25.9. The summed E-state index contributed by atoms with van der Waals surface area (Å²) in [6, 6.07) is 9.06. The van der Waals surface area contributed by atoms with E-state index in [1.54, 1.807) is 25.1 Å². The SMILES string of the molecule is CC(N)(C#N)Cn1nc2ccc(C#N)cc2n1. The van der Waals surface area contributed by atoms with Gasteiger partial charge in [0.2, 0.25) is 0 Å². The molecule has 0 bridgehead atoms. The predicted octanol–water partition coefficient (Wildman–Crippen LogP) is 0.544. The van der Waals surface area contributed by atoms with Crippen molar-refractivity contribution >= 4 is 11.0 Å². The molecule has 0 amide bonds. The minimum absolute atomic E-state index is 0.208. The van der Waals surface area contributed by atoms with Gasteiger partial charge in [-0.05, 0) is 25.1 Å². The quantitative estimate of drug-likeness (QED) is 0.804. The molecule has 1 aromatic heterocycles. The average Bonchev–Trinajstić information content (AvgIpc) is 2.68. The number of fused-ring (bicyclic) bond motifs is 1. The largest absolute Gasteiger partial charge is 0.312 e. The smallest absolute Gasteiger partial charge is 0.122 e. The Bertz CT molecular complexity index is 640. The van der Waals surface area contributed by atoms with Gasteiger partial charge in [0.05, 0.1) is 24.2 Å². The van der Waals surface area contributed by atoms with Crippen LogP contribution in [0.5, 0.6) is 0 Å². The molecule has 1 heterocycles. The lowest BCUT2D eigenvalue weighted by atomic mass is 10.1. The maximum absolute atomic E-state index is 8.83. The Morgan fingerprint density at radius 2 is 2.06 bits per heavy atom. The van der Waals surface area contributed by atoms with Gasteiger partial charge in [0, 0.05) is 0 Å². The standard InChI is InChI=1S/C11H10N6/c1-11(14,6-13)7-17-15-9-3-2-8(5-12)4-10(9)16-17/h2-4H,7,14H2,1H3. The monoisotopic (exact) mass is 226 g/mol. The summed E-state index contributed by atoms with van der Waals surface area (Å²) in [6.45, 7) is 1.82. The highest BCUT2D eigenvalue weighted by molar-refractivity contribution is 5.75. The number of nitriles is 2. The normalized spacial score (nSPS) is 13.9. The summed E-state index contributed by atoms with van der Waals surface area (Å²) >= 11 is 0. The summed E-state index contributed by atoms with van der Waals surface area (Å²) in [5.41, 5.74) is 6.53. The summed E-state index contributed by atoms with van der Waals surface area (Å²) in [5.74, 6) is 0. The van der Waals surface area contributed by atoms with E-state index in [9.17, 15) is 0 Å². The van der Waals surface area contributed by atoms with E-state index in [1.165, 1.54) is 4.80 Å². The van der Waals surface area contributed by atoms with Gasteiger partial charge >= 0.3 is 0 Å². The molecule has 0 fully saturated rings. The van der Waals surface area contributed by atoms with Crippen molar-refractivity contribution in [3.05, 3.63) is 23.8 Å². The van der Waals surface area contributed by atoms with Gasteiger partial charge in [-0.1, -0.05) is 0 Å². The topological polar surface area (TPSA) is 104 Å². The third-order valence-corrected chi connectivity index (χ3v) is 2.28. The zero-order valence-corrected chi connectivity index (χ0v) is 9.25.